The van der Waals surface area contributed by atoms with Gasteiger partial charge in [-0.05, 0) is 113 Å². The summed E-state index contributed by atoms with van der Waals surface area (Å²) in [5.74, 6) is 2.07. The molecule has 50 heavy (non-hydrogen) atoms. The summed E-state index contributed by atoms with van der Waals surface area (Å²) >= 11 is 6.41. The van der Waals surface area contributed by atoms with Gasteiger partial charge in [0.15, 0.2) is 0 Å². The van der Waals surface area contributed by atoms with Crippen LogP contribution in [0.25, 0.3) is 0 Å². The second-order valence-corrected chi connectivity index (χ2v) is 17.0. The monoisotopic (exact) mass is 724 g/mol. The first-order valence-corrected chi connectivity index (χ1v) is 19.7. The van der Waals surface area contributed by atoms with Crippen LogP contribution in [0.4, 0.5) is 5.69 Å². The number of nitrogens with one attached hydrogen (secondary N) is 2. The van der Waals surface area contributed by atoms with Crippen molar-refractivity contribution in [2.45, 2.75) is 83.5 Å². The fourth-order valence-corrected chi connectivity index (χ4v) is 8.36. The summed E-state index contributed by atoms with van der Waals surface area (Å²) in [6, 6.07) is 14.2. The highest BCUT2D eigenvalue weighted by molar-refractivity contribution is 7.83. The number of aldehydes is 1. The normalized spacial score (nSPS) is 24.0. The van der Waals surface area contributed by atoms with Crippen molar-refractivity contribution in [1.82, 2.24) is 10.0 Å². The number of halogens is 1. The largest absolute Gasteiger partial charge is 0.491 e. The van der Waals surface area contributed by atoms with E-state index in [2.05, 4.69) is 66.1 Å². The summed E-state index contributed by atoms with van der Waals surface area (Å²) in [7, 11) is 2.50. The Bertz CT molecular complexity index is 1540. The van der Waals surface area contributed by atoms with E-state index in [9.17, 15) is 9.00 Å². The van der Waals surface area contributed by atoms with Gasteiger partial charge in [-0.1, -0.05) is 50.1 Å². The number of benzene rings is 2. The zero-order valence-corrected chi connectivity index (χ0v) is 32.5. The molecule has 2 aromatic carbocycles. The van der Waals surface area contributed by atoms with Crippen LogP contribution in [0.3, 0.4) is 0 Å². The molecule has 0 spiro atoms. The second-order valence-electron chi connectivity index (χ2n) is 14.8. The third-order valence-corrected chi connectivity index (χ3v) is 12.8. The van der Waals surface area contributed by atoms with Crippen molar-refractivity contribution >= 4 is 34.6 Å². The Morgan fingerprint density at radius 2 is 2.02 bits per heavy atom. The molecule has 0 aromatic heterocycles. The lowest BCUT2D eigenvalue weighted by atomic mass is 9.64. The number of fused-ring (bicyclic) bond motifs is 1. The van der Waals surface area contributed by atoms with Gasteiger partial charge in [0.05, 0.1) is 40.4 Å². The van der Waals surface area contributed by atoms with Gasteiger partial charge in [0.1, 0.15) is 12.0 Å². The molecule has 10 heteroatoms. The zero-order valence-electron chi connectivity index (χ0n) is 31.0. The number of nitriles is 1. The van der Waals surface area contributed by atoms with Crippen LogP contribution in [0.2, 0.25) is 5.02 Å². The van der Waals surface area contributed by atoms with Gasteiger partial charge in [-0.3, -0.25) is 4.79 Å². The maximum atomic E-state index is 12.2. The van der Waals surface area contributed by atoms with Crippen molar-refractivity contribution in [2.75, 3.05) is 51.8 Å². The third kappa shape index (κ3) is 9.77. The number of carbonyl (C=O) groups excluding carboxylic acids is 1. The number of allylic oxidation sites excluding steroid dienone is 1. The SMILES string of the molecule is CC1(C#N)CNC1.CCCc1cc(Cl)ccc1C1COc2ccc(C=O)cc2N(CC2CCC2[C@](C)(/C=C/CC(C)C(C)S(=O)NC)OC)C1. The van der Waals surface area contributed by atoms with E-state index in [1.54, 1.807) is 14.2 Å². The highest BCUT2D eigenvalue weighted by Gasteiger charge is 2.45. The molecular formula is C40H57ClN4O4S. The van der Waals surface area contributed by atoms with Gasteiger partial charge < -0.3 is 19.7 Å². The van der Waals surface area contributed by atoms with E-state index in [1.807, 2.05) is 38.1 Å². The summed E-state index contributed by atoms with van der Waals surface area (Å²) < 4.78 is 27.7. The van der Waals surface area contributed by atoms with Crippen LogP contribution in [0.5, 0.6) is 5.75 Å². The summed E-state index contributed by atoms with van der Waals surface area (Å²) in [5, 5.41) is 12.2. The molecule has 7 atom stereocenters. The van der Waals surface area contributed by atoms with Crippen molar-refractivity contribution < 1.29 is 18.5 Å². The van der Waals surface area contributed by atoms with E-state index >= 15 is 0 Å². The number of methoxy groups -OCH3 is 1. The van der Waals surface area contributed by atoms with E-state index in [-0.39, 0.29) is 22.5 Å². The first kappa shape index (κ1) is 40.0. The van der Waals surface area contributed by atoms with E-state index in [4.69, 9.17) is 26.3 Å². The number of hydrogen-bond donors (Lipinski definition) is 2. The molecule has 1 aliphatic carbocycles. The highest BCUT2D eigenvalue weighted by Crippen LogP contribution is 2.46. The summed E-state index contributed by atoms with van der Waals surface area (Å²) in [4.78, 5) is 14.2. The molecule has 2 aliphatic heterocycles. The number of nitrogens with zero attached hydrogens (tertiary/aromatic N) is 2. The van der Waals surface area contributed by atoms with Crippen molar-refractivity contribution in [2.24, 2.45) is 23.2 Å². The predicted octanol–water partition coefficient (Wildman–Crippen LogP) is 7.49. The minimum absolute atomic E-state index is 0.0417. The Morgan fingerprint density at radius 1 is 1.26 bits per heavy atom. The molecule has 274 valence electrons. The molecule has 2 fully saturated rings. The van der Waals surface area contributed by atoms with Crippen molar-refractivity contribution in [3.8, 4) is 11.8 Å². The molecule has 2 aromatic rings. The minimum Gasteiger partial charge on any atom is -0.491 e. The lowest BCUT2D eigenvalue weighted by molar-refractivity contribution is -0.0620. The smallest absolute Gasteiger partial charge is 0.150 e. The number of aryl methyl sites for hydroxylation is 1. The molecule has 5 rings (SSSR count). The average molecular weight is 725 g/mol. The Labute approximate surface area is 307 Å². The Hall–Kier alpha value is -2.74. The number of anilines is 1. The summed E-state index contributed by atoms with van der Waals surface area (Å²) in [5.41, 5.74) is 3.77. The molecule has 8 nitrogen and oxygen atoms in total. The first-order chi connectivity index (χ1) is 23.9. The fourth-order valence-electron chi connectivity index (χ4n) is 7.26. The molecule has 0 bridgehead atoms. The highest BCUT2D eigenvalue weighted by atomic mass is 35.5. The summed E-state index contributed by atoms with van der Waals surface area (Å²) in [6.45, 7) is 14.5. The Kier molecular flexibility index (Phi) is 14.5. The van der Waals surface area contributed by atoms with Gasteiger partial charge in [0.2, 0.25) is 0 Å². The van der Waals surface area contributed by atoms with E-state index in [0.717, 1.165) is 81.0 Å². The minimum atomic E-state index is -1.04. The second kappa shape index (κ2) is 18.1. The molecule has 1 saturated carbocycles. The van der Waals surface area contributed by atoms with Crippen LogP contribution >= 0.6 is 11.6 Å². The molecule has 3 aliphatic rings. The van der Waals surface area contributed by atoms with Gasteiger partial charge in [0, 0.05) is 55.0 Å². The number of rotatable bonds is 14. The van der Waals surface area contributed by atoms with Gasteiger partial charge in [-0.2, -0.15) is 5.26 Å². The van der Waals surface area contributed by atoms with E-state index in [1.165, 1.54) is 11.1 Å². The van der Waals surface area contributed by atoms with Crippen LogP contribution in [0.15, 0.2) is 48.6 Å². The number of carbonyl (C=O) groups is 1. The van der Waals surface area contributed by atoms with Crippen molar-refractivity contribution in [3.05, 3.63) is 70.3 Å². The van der Waals surface area contributed by atoms with Crippen LogP contribution in [-0.2, 0) is 22.1 Å². The van der Waals surface area contributed by atoms with E-state index in [0.29, 0.717) is 24.0 Å². The fraction of sp³-hybridized carbons (Fsp3) is 0.600. The van der Waals surface area contributed by atoms with Crippen LogP contribution < -0.4 is 19.7 Å². The maximum absolute atomic E-state index is 12.2. The molecule has 0 amide bonds. The molecule has 2 N–H and O–H groups in total. The third-order valence-electron chi connectivity index (χ3n) is 11.1. The lowest BCUT2D eigenvalue weighted by Gasteiger charge is -2.48. The molecular weight excluding hydrogens is 668 g/mol. The number of ether oxygens (including phenoxy) is 2. The topological polar surface area (TPSA) is 104 Å². The predicted molar refractivity (Wildman–Crippen MR) is 206 cm³/mol. The molecule has 1 saturated heterocycles. The van der Waals surface area contributed by atoms with Gasteiger partial charge >= 0.3 is 0 Å². The van der Waals surface area contributed by atoms with Gasteiger partial charge in [-0.15, -0.1) is 0 Å². The number of hydrogen-bond acceptors (Lipinski definition) is 7. The summed E-state index contributed by atoms with van der Waals surface area (Å²) in [6.07, 6.45) is 10.4. The molecule has 0 radical (unpaired) electrons. The maximum Gasteiger partial charge on any atom is 0.150 e. The zero-order chi connectivity index (χ0) is 36.5. The van der Waals surface area contributed by atoms with E-state index < -0.39 is 16.6 Å². The molecule has 2 heterocycles. The van der Waals surface area contributed by atoms with Gasteiger partial charge in [0.25, 0.3) is 0 Å². The first-order valence-electron chi connectivity index (χ1n) is 18.1. The average Bonchev–Trinajstić information content (AvgIpc) is 3.27. The lowest BCUT2D eigenvalue weighted by Crippen LogP contribution is -2.50. The van der Waals surface area contributed by atoms with Crippen molar-refractivity contribution in [1.29, 1.82) is 5.26 Å². The Balaban J connectivity index is 0.000000714. The van der Waals surface area contributed by atoms with Crippen LogP contribution in [-0.4, -0.2) is 68.3 Å². The standard InChI is InChI=1S/C35H49ClN2O4S.C5H8N2/c1-7-9-27-19-30(36)13-14-31(27)29-21-38(33-18-26(22-39)11-16-34(33)42-23-29)20-28-12-15-32(28)35(4,41-6)17-8-10-24(2)25(3)43(40)37-5;1-5(2-6)3-7-4-5/h8,11,13-14,16-19,22,24-25,28-29,32,37H,7,9-10,12,15,20-21,23H2,1-6H3;7H,3-4H2,1H3/b17-8+;/t24?,25?,28?,29?,32?,35-,43?;/m0./s1. The van der Waals surface area contributed by atoms with Gasteiger partial charge in [-0.25, -0.2) is 8.93 Å². The quantitative estimate of drug-likeness (QED) is 0.154. The van der Waals surface area contributed by atoms with Crippen LogP contribution in [0, 0.1) is 34.5 Å². The molecule has 6 unspecified atom stereocenters. The Morgan fingerprint density at radius 3 is 2.58 bits per heavy atom. The van der Waals surface area contributed by atoms with Crippen LogP contribution in [0.1, 0.15) is 87.7 Å². The van der Waals surface area contributed by atoms with Crippen molar-refractivity contribution in [3.63, 3.8) is 0 Å².